The van der Waals surface area contributed by atoms with Crippen molar-refractivity contribution in [1.82, 2.24) is 0 Å². The second-order valence-corrected chi connectivity index (χ2v) is 7.61. The summed E-state index contributed by atoms with van der Waals surface area (Å²) in [5, 5.41) is 71.3. The van der Waals surface area contributed by atoms with E-state index >= 15 is 0 Å². The summed E-state index contributed by atoms with van der Waals surface area (Å²) in [6, 6.07) is 4.87. The molecule has 0 amide bonds. The fraction of sp³-hybridized carbons (Fsp3) is 0.381. The van der Waals surface area contributed by atoms with E-state index in [4.69, 9.17) is 9.47 Å². The Morgan fingerprint density at radius 1 is 0.935 bits per heavy atom. The molecule has 0 aromatic heterocycles. The summed E-state index contributed by atoms with van der Waals surface area (Å²) in [4.78, 5) is 13.3. The molecular formula is C21H22O10. The number of carbonyl (C=O) groups is 1. The lowest BCUT2D eigenvalue weighted by Gasteiger charge is -2.45. The number of hydrogen-bond acceptors (Lipinski definition) is 10. The molecule has 1 saturated heterocycles. The van der Waals surface area contributed by atoms with Gasteiger partial charge in [0, 0.05) is 12.0 Å². The van der Waals surface area contributed by atoms with E-state index in [2.05, 4.69) is 0 Å². The Labute approximate surface area is 176 Å². The molecule has 0 bridgehead atoms. The van der Waals surface area contributed by atoms with Crippen molar-refractivity contribution in [3.05, 3.63) is 46.5 Å². The molecule has 2 aromatic carbocycles. The van der Waals surface area contributed by atoms with Gasteiger partial charge in [-0.1, -0.05) is 6.07 Å². The van der Waals surface area contributed by atoms with E-state index in [0.717, 1.165) is 6.07 Å². The van der Waals surface area contributed by atoms with Gasteiger partial charge in [0.25, 0.3) is 0 Å². The molecule has 2 aliphatic rings. The zero-order chi connectivity index (χ0) is 22.6. The highest BCUT2D eigenvalue weighted by Crippen LogP contribution is 2.50. The highest BCUT2D eigenvalue weighted by Gasteiger charge is 2.50. The number of aliphatic hydroxyl groups excluding tert-OH is 4. The van der Waals surface area contributed by atoms with Crippen LogP contribution in [-0.4, -0.2) is 85.8 Å². The van der Waals surface area contributed by atoms with E-state index in [0.29, 0.717) is 0 Å². The third-order valence-electron chi connectivity index (χ3n) is 5.89. The predicted octanol–water partition coefficient (Wildman–Crippen LogP) is -0.669. The van der Waals surface area contributed by atoms with Gasteiger partial charge < -0.3 is 45.2 Å². The van der Waals surface area contributed by atoms with Crippen LogP contribution in [0.1, 0.15) is 33.0 Å². The molecule has 10 nitrogen and oxygen atoms in total. The summed E-state index contributed by atoms with van der Waals surface area (Å²) in [6.07, 6.45) is -7.42. The fourth-order valence-electron chi connectivity index (χ4n) is 4.47. The van der Waals surface area contributed by atoms with Crippen molar-refractivity contribution in [2.45, 2.75) is 36.4 Å². The van der Waals surface area contributed by atoms with Gasteiger partial charge in [-0.2, -0.15) is 0 Å². The number of phenols is 3. The highest BCUT2D eigenvalue weighted by atomic mass is 16.5. The average molecular weight is 434 g/mol. The van der Waals surface area contributed by atoms with E-state index < -0.39 is 54.6 Å². The number of fused-ring (bicyclic) bond motifs is 2. The lowest BCUT2D eigenvalue weighted by molar-refractivity contribution is -0.232. The van der Waals surface area contributed by atoms with Crippen LogP contribution in [-0.2, 0) is 4.74 Å². The largest absolute Gasteiger partial charge is 0.508 e. The van der Waals surface area contributed by atoms with Crippen LogP contribution in [0.3, 0.4) is 0 Å². The molecule has 2 aromatic rings. The molecular weight excluding hydrogens is 412 g/mol. The van der Waals surface area contributed by atoms with Crippen LogP contribution >= 0.6 is 0 Å². The number of aromatic hydroxyl groups is 3. The SMILES string of the molecule is COc1c(O)ccc2c1C(=O)c1c(O)cc(O)cc1[C@@H]2[C@@H]1O[C@H](CO)[C@@H](O)[C@H](O)[C@H]1O. The molecule has 10 heteroatoms. The number of ether oxygens (including phenoxy) is 2. The van der Waals surface area contributed by atoms with Crippen LogP contribution in [0, 0.1) is 0 Å². The Morgan fingerprint density at radius 2 is 1.65 bits per heavy atom. The molecule has 31 heavy (non-hydrogen) atoms. The van der Waals surface area contributed by atoms with Crippen LogP contribution < -0.4 is 4.74 Å². The molecule has 0 unspecified atom stereocenters. The van der Waals surface area contributed by atoms with Gasteiger partial charge in [0.1, 0.15) is 35.9 Å². The van der Waals surface area contributed by atoms with Crippen molar-refractivity contribution in [3.8, 4) is 23.0 Å². The number of rotatable bonds is 3. The zero-order valence-corrected chi connectivity index (χ0v) is 16.3. The van der Waals surface area contributed by atoms with Gasteiger partial charge in [-0.25, -0.2) is 0 Å². The molecule has 166 valence electrons. The van der Waals surface area contributed by atoms with Crippen LogP contribution in [0.25, 0.3) is 0 Å². The number of aliphatic hydroxyl groups is 4. The van der Waals surface area contributed by atoms with E-state index in [-0.39, 0.29) is 39.5 Å². The van der Waals surface area contributed by atoms with Crippen molar-refractivity contribution < 1.29 is 50.0 Å². The lowest BCUT2D eigenvalue weighted by Crippen LogP contribution is -2.60. The molecule has 1 fully saturated rings. The first kappa shape index (κ1) is 21.3. The predicted molar refractivity (Wildman–Crippen MR) is 103 cm³/mol. The Kier molecular flexibility index (Phi) is 5.28. The number of benzene rings is 2. The first-order chi connectivity index (χ1) is 14.7. The molecule has 0 spiro atoms. The molecule has 1 aliphatic carbocycles. The summed E-state index contributed by atoms with van der Waals surface area (Å²) < 4.78 is 10.9. The van der Waals surface area contributed by atoms with Gasteiger partial charge in [-0.3, -0.25) is 4.79 Å². The van der Waals surface area contributed by atoms with Gasteiger partial charge in [0.15, 0.2) is 11.5 Å². The van der Waals surface area contributed by atoms with Gasteiger partial charge in [0.05, 0.1) is 30.9 Å². The third-order valence-corrected chi connectivity index (χ3v) is 5.89. The van der Waals surface area contributed by atoms with Gasteiger partial charge >= 0.3 is 0 Å². The fourth-order valence-corrected chi connectivity index (χ4v) is 4.47. The summed E-state index contributed by atoms with van der Waals surface area (Å²) in [6.45, 7) is -0.656. The van der Waals surface area contributed by atoms with Crippen LogP contribution in [0.2, 0.25) is 0 Å². The maximum absolute atomic E-state index is 13.3. The molecule has 1 heterocycles. The van der Waals surface area contributed by atoms with E-state index in [1.165, 1.54) is 25.3 Å². The third kappa shape index (κ3) is 3.11. The maximum Gasteiger partial charge on any atom is 0.201 e. The summed E-state index contributed by atoms with van der Waals surface area (Å²) >= 11 is 0. The van der Waals surface area contributed by atoms with Crippen molar-refractivity contribution in [3.63, 3.8) is 0 Å². The zero-order valence-electron chi connectivity index (χ0n) is 16.3. The van der Waals surface area contributed by atoms with Crippen molar-refractivity contribution in [1.29, 1.82) is 0 Å². The minimum absolute atomic E-state index is 0.0852. The summed E-state index contributed by atoms with van der Waals surface area (Å²) in [5.41, 5.74) is 0.0580. The highest BCUT2D eigenvalue weighted by molar-refractivity contribution is 6.16. The Hall–Kier alpha value is -2.89. The van der Waals surface area contributed by atoms with E-state index in [9.17, 15) is 40.5 Å². The number of methoxy groups -OCH3 is 1. The quantitative estimate of drug-likeness (QED) is 0.328. The maximum atomic E-state index is 13.3. The molecule has 6 atom stereocenters. The van der Waals surface area contributed by atoms with E-state index in [1.807, 2.05) is 0 Å². The minimum Gasteiger partial charge on any atom is -0.508 e. The monoisotopic (exact) mass is 434 g/mol. The van der Waals surface area contributed by atoms with Gasteiger partial charge in [0.2, 0.25) is 5.78 Å². The van der Waals surface area contributed by atoms with Gasteiger partial charge in [-0.15, -0.1) is 0 Å². The number of ketones is 1. The summed E-state index contributed by atoms with van der Waals surface area (Å²) in [7, 11) is 1.25. The minimum atomic E-state index is -1.68. The van der Waals surface area contributed by atoms with Crippen LogP contribution in [0.4, 0.5) is 0 Å². The van der Waals surface area contributed by atoms with Crippen molar-refractivity contribution in [2.24, 2.45) is 0 Å². The number of carbonyl (C=O) groups excluding carboxylic acids is 1. The lowest BCUT2D eigenvalue weighted by atomic mass is 9.71. The van der Waals surface area contributed by atoms with Crippen LogP contribution in [0.15, 0.2) is 24.3 Å². The second kappa shape index (κ2) is 7.66. The molecule has 0 saturated carbocycles. The standard InChI is InChI=1S/C21H22O10/c1-30-20-10(24)3-2-8-13(21-19(29)18(28)16(26)12(6-22)31-21)9-4-7(23)5-11(25)14(9)17(27)15(8)20/h2-5,12-13,16,18-19,21-26,28-29H,6H2,1H3/t12-,13-,16-,18+,19-,21+/m1/s1. The summed E-state index contributed by atoms with van der Waals surface area (Å²) in [5.74, 6) is -3.10. The van der Waals surface area contributed by atoms with Crippen LogP contribution in [0.5, 0.6) is 23.0 Å². The molecule has 1 aliphatic heterocycles. The average Bonchev–Trinajstić information content (AvgIpc) is 2.73. The first-order valence-electron chi connectivity index (χ1n) is 9.52. The second-order valence-electron chi connectivity index (χ2n) is 7.61. The topological polar surface area (TPSA) is 177 Å². The number of hydrogen-bond donors (Lipinski definition) is 7. The van der Waals surface area contributed by atoms with E-state index in [1.54, 1.807) is 0 Å². The van der Waals surface area contributed by atoms with Gasteiger partial charge in [-0.05, 0) is 23.3 Å². The number of phenolic OH excluding ortho intramolecular Hbond substituents is 3. The molecule has 4 rings (SSSR count). The normalized spacial score (nSPS) is 29.9. The Balaban J connectivity index is 1.99. The van der Waals surface area contributed by atoms with Crippen molar-refractivity contribution in [2.75, 3.05) is 13.7 Å². The Morgan fingerprint density at radius 3 is 2.29 bits per heavy atom. The Bertz CT molecular complexity index is 1030. The van der Waals surface area contributed by atoms with Crippen molar-refractivity contribution >= 4 is 5.78 Å². The smallest absolute Gasteiger partial charge is 0.201 e. The molecule has 7 N–H and O–H groups in total. The first-order valence-corrected chi connectivity index (χ1v) is 9.52. The molecule has 0 radical (unpaired) electrons.